The van der Waals surface area contributed by atoms with Crippen LogP contribution in [0.2, 0.25) is 5.02 Å². The van der Waals surface area contributed by atoms with Crippen LogP contribution < -0.4 is 18.1 Å². The summed E-state index contributed by atoms with van der Waals surface area (Å²) in [5.74, 6) is 1.81. The van der Waals surface area contributed by atoms with Crippen molar-refractivity contribution >= 4 is 23.4 Å². The van der Waals surface area contributed by atoms with E-state index in [9.17, 15) is 0 Å². The van der Waals surface area contributed by atoms with Crippen LogP contribution in [-0.4, -0.2) is 10.2 Å². The molecule has 0 radical (unpaired) electrons. The van der Waals surface area contributed by atoms with E-state index in [-0.39, 0.29) is 18.4 Å². The van der Waals surface area contributed by atoms with Crippen molar-refractivity contribution in [1.29, 1.82) is 0 Å². The van der Waals surface area contributed by atoms with Crippen molar-refractivity contribution in [3.05, 3.63) is 40.7 Å². The van der Waals surface area contributed by atoms with Gasteiger partial charge in [0.15, 0.2) is 6.04 Å². The summed E-state index contributed by atoms with van der Waals surface area (Å²) < 4.78 is 5.67. The highest BCUT2D eigenvalue weighted by Crippen LogP contribution is 2.26. The third-order valence-electron chi connectivity index (χ3n) is 3.32. The van der Waals surface area contributed by atoms with Crippen molar-refractivity contribution in [2.75, 3.05) is 0 Å². The quantitative estimate of drug-likeness (QED) is 0.765. The van der Waals surface area contributed by atoms with E-state index in [1.54, 1.807) is 0 Å². The van der Waals surface area contributed by atoms with Crippen LogP contribution in [0, 0.1) is 5.92 Å². The molecule has 0 bridgehead atoms. The number of quaternary nitrogens is 1. The molecule has 4 nitrogen and oxygen atoms in total. The molecule has 0 amide bonds. The van der Waals surface area contributed by atoms with Crippen LogP contribution in [0.15, 0.2) is 33.9 Å². The maximum Gasteiger partial charge on any atom is 0.277 e. The lowest BCUT2D eigenvalue weighted by atomic mass is 10.0. The van der Waals surface area contributed by atoms with E-state index in [0.717, 1.165) is 22.8 Å². The number of hydrogen-bond acceptors (Lipinski definition) is 4. The molecule has 2 rings (SSSR count). The van der Waals surface area contributed by atoms with E-state index in [4.69, 9.17) is 16.0 Å². The molecule has 2 aromatic rings. The lowest BCUT2D eigenvalue weighted by Gasteiger charge is -2.09. The SMILES string of the molecule is CCC(C)[C@H]([NH3+])c1nnc(SCc2cccc(Cl)c2)o1.[Cl-]. The van der Waals surface area contributed by atoms with Gasteiger partial charge in [-0.3, -0.25) is 0 Å². The number of nitrogens with zero attached hydrogens (tertiary/aromatic N) is 2. The molecule has 0 saturated carbocycles. The Labute approximate surface area is 140 Å². The van der Waals surface area contributed by atoms with E-state index >= 15 is 0 Å². The Morgan fingerprint density at radius 3 is 2.81 bits per heavy atom. The molecule has 0 aliphatic carbocycles. The molecule has 3 N–H and O–H groups in total. The van der Waals surface area contributed by atoms with Gasteiger partial charge in [-0.05, 0) is 24.1 Å². The first-order valence-corrected chi connectivity index (χ1v) is 8.00. The number of hydrogen-bond donors (Lipinski definition) is 1. The number of rotatable bonds is 6. The van der Waals surface area contributed by atoms with Gasteiger partial charge < -0.3 is 22.6 Å². The number of thioether (sulfide) groups is 1. The number of aromatic nitrogens is 2. The van der Waals surface area contributed by atoms with Crippen molar-refractivity contribution in [1.82, 2.24) is 10.2 Å². The van der Waals surface area contributed by atoms with Crippen LogP contribution in [0.25, 0.3) is 0 Å². The summed E-state index contributed by atoms with van der Waals surface area (Å²) >= 11 is 7.47. The van der Waals surface area contributed by atoms with Gasteiger partial charge in [-0.15, -0.1) is 10.2 Å². The summed E-state index contributed by atoms with van der Waals surface area (Å²) in [7, 11) is 0. The van der Waals surface area contributed by atoms with Crippen molar-refractivity contribution in [2.24, 2.45) is 5.92 Å². The van der Waals surface area contributed by atoms with E-state index in [1.807, 2.05) is 24.3 Å². The number of halogens is 2. The zero-order valence-electron chi connectivity index (χ0n) is 12.1. The van der Waals surface area contributed by atoms with Crippen molar-refractivity contribution < 1.29 is 22.6 Å². The highest BCUT2D eigenvalue weighted by molar-refractivity contribution is 7.98. The average Bonchev–Trinajstić information content (AvgIpc) is 2.92. The summed E-state index contributed by atoms with van der Waals surface area (Å²) in [6, 6.07) is 7.81. The van der Waals surface area contributed by atoms with E-state index in [1.165, 1.54) is 11.8 Å². The zero-order chi connectivity index (χ0) is 14.5. The fourth-order valence-corrected chi connectivity index (χ4v) is 2.65. The second kappa shape index (κ2) is 8.63. The van der Waals surface area contributed by atoms with Crippen LogP contribution in [-0.2, 0) is 5.75 Å². The Morgan fingerprint density at radius 1 is 1.38 bits per heavy atom. The predicted molar refractivity (Wildman–Crippen MR) is 80.4 cm³/mol. The molecule has 116 valence electrons. The molecule has 0 fully saturated rings. The zero-order valence-corrected chi connectivity index (χ0v) is 14.4. The average molecular weight is 348 g/mol. The Morgan fingerprint density at radius 2 is 2.14 bits per heavy atom. The van der Waals surface area contributed by atoms with Gasteiger partial charge in [0.2, 0.25) is 0 Å². The number of benzene rings is 1. The van der Waals surface area contributed by atoms with Gasteiger partial charge >= 0.3 is 0 Å². The van der Waals surface area contributed by atoms with Gasteiger partial charge in [0.05, 0.1) is 0 Å². The molecule has 0 aliphatic rings. The van der Waals surface area contributed by atoms with Gasteiger partial charge in [0.25, 0.3) is 11.1 Å². The Bertz CT molecular complexity index is 565. The first-order valence-electron chi connectivity index (χ1n) is 6.64. The monoisotopic (exact) mass is 347 g/mol. The highest BCUT2D eigenvalue weighted by atomic mass is 35.5. The molecule has 1 unspecified atom stereocenters. The third kappa shape index (κ3) is 5.18. The summed E-state index contributed by atoms with van der Waals surface area (Å²) in [6.45, 7) is 4.27. The topological polar surface area (TPSA) is 66.6 Å². The molecule has 1 aromatic heterocycles. The van der Waals surface area contributed by atoms with Gasteiger partial charge in [-0.25, -0.2) is 0 Å². The maximum atomic E-state index is 5.95. The summed E-state index contributed by atoms with van der Waals surface area (Å²) in [4.78, 5) is 0. The second-order valence-electron chi connectivity index (χ2n) is 4.82. The lowest BCUT2D eigenvalue weighted by Crippen LogP contribution is -3.00. The Balaban J connectivity index is 0.00000220. The molecule has 1 heterocycles. The minimum atomic E-state index is 0. The summed E-state index contributed by atoms with van der Waals surface area (Å²) in [5.41, 5.74) is 5.23. The van der Waals surface area contributed by atoms with Crippen LogP contribution in [0.1, 0.15) is 37.8 Å². The molecule has 0 saturated heterocycles. The maximum absolute atomic E-state index is 5.95. The van der Waals surface area contributed by atoms with E-state index in [2.05, 4.69) is 29.8 Å². The summed E-state index contributed by atoms with van der Waals surface area (Å²) in [5, 5.41) is 9.47. The van der Waals surface area contributed by atoms with Gasteiger partial charge in [-0.1, -0.05) is 49.3 Å². The first-order chi connectivity index (χ1) is 9.60. The van der Waals surface area contributed by atoms with Gasteiger partial charge in [-0.2, -0.15) is 0 Å². The van der Waals surface area contributed by atoms with Crippen molar-refractivity contribution in [3.8, 4) is 0 Å². The predicted octanol–water partition coefficient (Wildman–Crippen LogP) is 0.348. The molecule has 1 aromatic carbocycles. The minimum absolute atomic E-state index is 0. The van der Waals surface area contributed by atoms with Gasteiger partial charge in [0, 0.05) is 16.7 Å². The van der Waals surface area contributed by atoms with E-state index < -0.39 is 0 Å². The molecule has 0 spiro atoms. The van der Waals surface area contributed by atoms with Crippen LogP contribution in [0.3, 0.4) is 0 Å². The largest absolute Gasteiger partial charge is 1.00 e. The normalized spacial score (nSPS) is 13.5. The highest BCUT2D eigenvalue weighted by Gasteiger charge is 2.23. The Hall–Kier alpha value is -0.750. The molecule has 0 aliphatic heterocycles. The minimum Gasteiger partial charge on any atom is -1.00 e. The molecular formula is C14H19Cl2N3OS. The second-order valence-corrected chi connectivity index (χ2v) is 6.18. The fraction of sp³-hybridized carbons (Fsp3) is 0.429. The molecule has 7 heteroatoms. The van der Waals surface area contributed by atoms with E-state index in [0.29, 0.717) is 17.0 Å². The van der Waals surface area contributed by atoms with Crippen LogP contribution in [0.4, 0.5) is 0 Å². The summed E-state index contributed by atoms with van der Waals surface area (Å²) in [6.07, 6.45) is 1.04. The molecule has 21 heavy (non-hydrogen) atoms. The Kier molecular flexibility index (Phi) is 7.52. The van der Waals surface area contributed by atoms with Crippen molar-refractivity contribution in [3.63, 3.8) is 0 Å². The van der Waals surface area contributed by atoms with Crippen LogP contribution in [0.5, 0.6) is 0 Å². The lowest BCUT2D eigenvalue weighted by molar-refractivity contribution is -0.444. The first kappa shape index (κ1) is 18.3. The smallest absolute Gasteiger partial charge is 0.277 e. The van der Waals surface area contributed by atoms with Crippen LogP contribution >= 0.6 is 23.4 Å². The third-order valence-corrected chi connectivity index (χ3v) is 4.45. The molecule has 2 atom stereocenters. The van der Waals surface area contributed by atoms with Crippen molar-refractivity contribution in [2.45, 2.75) is 37.3 Å². The molecular weight excluding hydrogens is 329 g/mol. The fourth-order valence-electron chi connectivity index (χ4n) is 1.73. The van der Waals surface area contributed by atoms with Gasteiger partial charge in [0.1, 0.15) is 0 Å². The standard InChI is InChI=1S/C14H18ClN3OS.ClH/c1-3-9(2)12(16)13-17-18-14(19-13)20-8-10-5-4-6-11(15)7-10;/h4-7,9,12H,3,8,16H2,1-2H3;1H/t9?,12-;/m0./s1.